The van der Waals surface area contributed by atoms with E-state index in [9.17, 15) is 0 Å². The fourth-order valence-corrected chi connectivity index (χ4v) is 3.70. The van der Waals surface area contributed by atoms with E-state index < -0.39 is 0 Å². The maximum absolute atomic E-state index is 5.28. The van der Waals surface area contributed by atoms with Crippen LogP contribution in [0.5, 0.6) is 0 Å². The SMILES string of the molecule is CON(C)c1nc(C)nc2sc3c(c12)CCC3. The van der Waals surface area contributed by atoms with E-state index in [0.717, 1.165) is 22.9 Å². The third-order valence-corrected chi connectivity index (χ3v) is 4.42. The van der Waals surface area contributed by atoms with Crippen LogP contribution in [0.25, 0.3) is 10.2 Å². The summed E-state index contributed by atoms with van der Waals surface area (Å²) in [7, 11) is 3.55. The zero-order valence-electron chi connectivity index (χ0n) is 10.3. The number of aromatic nitrogens is 2. The molecule has 0 aromatic carbocycles. The van der Waals surface area contributed by atoms with Gasteiger partial charge in [-0.1, -0.05) is 0 Å². The summed E-state index contributed by atoms with van der Waals surface area (Å²) in [6, 6.07) is 0. The molecule has 4 nitrogen and oxygen atoms in total. The molecule has 1 aliphatic rings. The maximum atomic E-state index is 5.28. The monoisotopic (exact) mass is 249 g/mol. The second-order valence-electron chi connectivity index (χ2n) is 4.31. The van der Waals surface area contributed by atoms with Gasteiger partial charge in [-0.05, 0) is 31.7 Å². The molecule has 0 fully saturated rings. The Bertz CT molecular complexity index is 579. The van der Waals surface area contributed by atoms with Gasteiger partial charge >= 0.3 is 0 Å². The van der Waals surface area contributed by atoms with Crippen molar-refractivity contribution in [1.82, 2.24) is 9.97 Å². The van der Waals surface area contributed by atoms with Crippen molar-refractivity contribution in [1.29, 1.82) is 0 Å². The van der Waals surface area contributed by atoms with Crippen molar-refractivity contribution >= 4 is 27.4 Å². The third kappa shape index (κ3) is 1.61. The van der Waals surface area contributed by atoms with E-state index in [1.54, 1.807) is 12.2 Å². The second-order valence-corrected chi connectivity index (χ2v) is 5.40. The summed E-state index contributed by atoms with van der Waals surface area (Å²) < 4.78 is 0. The van der Waals surface area contributed by atoms with Gasteiger partial charge in [0, 0.05) is 11.9 Å². The minimum absolute atomic E-state index is 0.802. The lowest BCUT2D eigenvalue weighted by Crippen LogP contribution is -2.17. The number of nitrogens with zero attached hydrogens (tertiary/aromatic N) is 3. The summed E-state index contributed by atoms with van der Waals surface area (Å²) in [5.74, 6) is 1.70. The molecule has 0 amide bonds. The number of hydrogen-bond acceptors (Lipinski definition) is 5. The minimum Gasteiger partial charge on any atom is -0.276 e. The molecule has 1 aliphatic carbocycles. The summed E-state index contributed by atoms with van der Waals surface area (Å²) in [4.78, 5) is 16.9. The Labute approximate surface area is 104 Å². The van der Waals surface area contributed by atoms with E-state index in [0.29, 0.717) is 0 Å². The molecule has 0 bridgehead atoms. The molecule has 0 N–H and O–H groups in total. The molecule has 2 aromatic rings. The average molecular weight is 249 g/mol. The van der Waals surface area contributed by atoms with E-state index >= 15 is 0 Å². The van der Waals surface area contributed by atoms with Gasteiger partial charge in [0.1, 0.15) is 10.7 Å². The van der Waals surface area contributed by atoms with Gasteiger partial charge < -0.3 is 0 Å². The highest BCUT2D eigenvalue weighted by Gasteiger charge is 2.23. The molecular weight excluding hydrogens is 234 g/mol. The molecule has 0 unspecified atom stereocenters. The number of rotatable bonds is 2. The predicted molar refractivity (Wildman–Crippen MR) is 69.6 cm³/mol. The predicted octanol–water partition coefficient (Wildman–Crippen LogP) is 2.49. The molecule has 17 heavy (non-hydrogen) atoms. The van der Waals surface area contributed by atoms with Crippen molar-refractivity contribution in [2.24, 2.45) is 0 Å². The van der Waals surface area contributed by atoms with Crippen LogP contribution in [0.2, 0.25) is 0 Å². The van der Waals surface area contributed by atoms with E-state index in [1.807, 2.05) is 25.3 Å². The first-order valence-corrected chi connectivity index (χ1v) is 6.59. The molecular formula is C12H15N3OS. The normalized spacial score (nSPS) is 14.3. The van der Waals surface area contributed by atoms with Gasteiger partial charge in [0.05, 0.1) is 12.5 Å². The van der Waals surface area contributed by atoms with E-state index in [-0.39, 0.29) is 0 Å². The molecule has 0 spiro atoms. The lowest BCUT2D eigenvalue weighted by Gasteiger charge is -2.16. The second kappa shape index (κ2) is 3.92. The van der Waals surface area contributed by atoms with Gasteiger partial charge in [0.2, 0.25) is 0 Å². The molecule has 2 aromatic heterocycles. The Kier molecular flexibility index (Phi) is 2.52. The van der Waals surface area contributed by atoms with Crippen molar-refractivity contribution in [2.75, 3.05) is 19.2 Å². The highest BCUT2D eigenvalue weighted by Crippen LogP contribution is 2.40. The summed E-state index contributed by atoms with van der Waals surface area (Å²) >= 11 is 1.81. The van der Waals surface area contributed by atoms with E-state index in [2.05, 4.69) is 9.97 Å². The van der Waals surface area contributed by atoms with Crippen LogP contribution < -0.4 is 5.06 Å². The quantitative estimate of drug-likeness (QED) is 0.766. The van der Waals surface area contributed by atoms with Crippen LogP contribution in [0.4, 0.5) is 5.82 Å². The Balaban J connectivity index is 2.31. The standard InChI is InChI=1S/C12H15N3OS/c1-7-13-11(15(2)16-3)10-8-5-4-6-9(8)17-12(10)14-7/h4-6H2,1-3H3. The summed E-state index contributed by atoms with van der Waals surface area (Å²) in [5.41, 5.74) is 1.43. The minimum atomic E-state index is 0.802. The van der Waals surface area contributed by atoms with Gasteiger partial charge in [-0.3, -0.25) is 4.84 Å². The van der Waals surface area contributed by atoms with Crippen LogP contribution in [-0.4, -0.2) is 24.1 Å². The number of hydroxylamine groups is 1. The van der Waals surface area contributed by atoms with Crippen LogP contribution in [-0.2, 0) is 17.7 Å². The fourth-order valence-electron chi connectivity index (χ4n) is 2.39. The van der Waals surface area contributed by atoms with Gasteiger partial charge in [-0.2, -0.15) is 0 Å². The molecule has 90 valence electrons. The summed E-state index contributed by atoms with van der Waals surface area (Å²) in [6.45, 7) is 1.93. The smallest absolute Gasteiger partial charge is 0.164 e. The topological polar surface area (TPSA) is 38.2 Å². The molecule has 3 rings (SSSR count). The molecule has 2 heterocycles. The van der Waals surface area contributed by atoms with E-state index in [1.165, 1.54) is 28.7 Å². The first-order valence-electron chi connectivity index (χ1n) is 5.77. The summed E-state index contributed by atoms with van der Waals surface area (Å²) in [6.07, 6.45) is 3.58. The highest BCUT2D eigenvalue weighted by molar-refractivity contribution is 7.19. The van der Waals surface area contributed by atoms with Gasteiger partial charge in [-0.25, -0.2) is 15.0 Å². The summed E-state index contributed by atoms with van der Waals surface area (Å²) in [5, 5.41) is 2.92. The van der Waals surface area contributed by atoms with Crippen LogP contribution >= 0.6 is 11.3 Å². The lowest BCUT2D eigenvalue weighted by molar-refractivity contribution is 0.183. The van der Waals surface area contributed by atoms with Gasteiger partial charge in [0.25, 0.3) is 0 Å². The zero-order chi connectivity index (χ0) is 12.0. The number of anilines is 1. The molecule has 0 atom stereocenters. The number of fused-ring (bicyclic) bond motifs is 3. The molecule has 5 heteroatoms. The Hall–Kier alpha value is -1.20. The number of aryl methyl sites for hydroxylation is 3. The average Bonchev–Trinajstić information content (AvgIpc) is 2.86. The van der Waals surface area contributed by atoms with Crippen LogP contribution in [0.1, 0.15) is 22.7 Å². The lowest BCUT2D eigenvalue weighted by atomic mass is 10.2. The molecule has 0 aliphatic heterocycles. The van der Waals surface area contributed by atoms with Crippen LogP contribution in [0, 0.1) is 6.92 Å². The maximum Gasteiger partial charge on any atom is 0.164 e. The highest BCUT2D eigenvalue weighted by atomic mass is 32.1. The zero-order valence-corrected chi connectivity index (χ0v) is 11.1. The van der Waals surface area contributed by atoms with E-state index in [4.69, 9.17) is 4.84 Å². The van der Waals surface area contributed by atoms with Gasteiger partial charge in [-0.15, -0.1) is 11.3 Å². The third-order valence-electron chi connectivity index (χ3n) is 3.23. The Morgan fingerprint density at radius 1 is 1.29 bits per heavy atom. The van der Waals surface area contributed by atoms with Crippen molar-refractivity contribution in [3.63, 3.8) is 0 Å². The largest absolute Gasteiger partial charge is 0.276 e. The fraction of sp³-hybridized carbons (Fsp3) is 0.500. The first kappa shape index (κ1) is 10.9. The van der Waals surface area contributed by atoms with Gasteiger partial charge in [0.15, 0.2) is 5.82 Å². The number of thiophene rings is 1. The van der Waals surface area contributed by atoms with Crippen molar-refractivity contribution < 1.29 is 4.84 Å². The van der Waals surface area contributed by atoms with Crippen molar-refractivity contribution in [2.45, 2.75) is 26.2 Å². The Morgan fingerprint density at radius 2 is 2.12 bits per heavy atom. The molecule has 0 radical (unpaired) electrons. The number of hydrogen-bond donors (Lipinski definition) is 0. The molecule has 0 saturated heterocycles. The Morgan fingerprint density at radius 3 is 2.88 bits per heavy atom. The first-order chi connectivity index (χ1) is 8.20. The molecule has 0 saturated carbocycles. The van der Waals surface area contributed by atoms with Crippen molar-refractivity contribution in [3.8, 4) is 0 Å². The van der Waals surface area contributed by atoms with Crippen molar-refractivity contribution in [3.05, 3.63) is 16.3 Å². The van der Waals surface area contributed by atoms with Crippen LogP contribution in [0.15, 0.2) is 0 Å². The van der Waals surface area contributed by atoms with Crippen LogP contribution in [0.3, 0.4) is 0 Å².